The van der Waals surface area contributed by atoms with Gasteiger partial charge >= 0.3 is 0 Å². The summed E-state index contributed by atoms with van der Waals surface area (Å²) < 4.78 is 5.54. The highest BCUT2D eigenvalue weighted by molar-refractivity contribution is 7.99. The topological polar surface area (TPSA) is 59.2 Å². The lowest BCUT2D eigenvalue weighted by molar-refractivity contribution is 0.0664. The number of benzene rings is 2. The molecule has 0 unspecified atom stereocenters. The van der Waals surface area contributed by atoms with E-state index in [1.807, 2.05) is 60.4 Å². The summed E-state index contributed by atoms with van der Waals surface area (Å²) >= 11 is 1.72. The summed E-state index contributed by atoms with van der Waals surface area (Å²) in [5.41, 5.74) is 2.94. The lowest BCUT2D eigenvalue weighted by atomic mass is 9.94. The van der Waals surface area contributed by atoms with Crippen LogP contribution in [0.5, 0.6) is 0 Å². The zero-order chi connectivity index (χ0) is 20.9. The Kier molecular flexibility index (Phi) is 6.53. The molecule has 0 radical (unpaired) electrons. The molecule has 0 spiro atoms. The van der Waals surface area contributed by atoms with Gasteiger partial charge in [-0.15, -0.1) is 11.8 Å². The third-order valence-corrected chi connectivity index (χ3v) is 6.50. The Labute approximate surface area is 181 Å². The summed E-state index contributed by atoms with van der Waals surface area (Å²) in [5, 5.41) is 4.18. The molecule has 1 aliphatic rings. The van der Waals surface area contributed by atoms with Gasteiger partial charge in [0, 0.05) is 30.0 Å². The monoisotopic (exact) mass is 421 g/mol. The van der Waals surface area contributed by atoms with Gasteiger partial charge in [0.2, 0.25) is 11.7 Å². The Balaban J connectivity index is 1.44. The van der Waals surface area contributed by atoms with Crippen molar-refractivity contribution in [3.8, 4) is 11.4 Å². The van der Waals surface area contributed by atoms with Crippen LogP contribution in [-0.2, 0) is 6.42 Å². The average Bonchev–Trinajstić information content (AvgIpc) is 3.22. The van der Waals surface area contributed by atoms with Crippen LogP contribution in [0.15, 0.2) is 57.9 Å². The van der Waals surface area contributed by atoms with E-state index in [2.05, 4.69) is 17.1 Å². The Morgan fingerprint density at radius 2 is 2.00 bits per heavy atom. The van der Waals surface area contributed by atoms with Crippen molar-refractivity contribution in [1.29, 1.82) is 0 Å². The average molecular weight is 422 g/mol. The van der Waals surface area contributed by atoms with E-state index in [1.54, 1.807) is 11.8 Å². The van der Waals surface area contributed by atoms with Crippen molar-refractivity contribution < 1.29 is 9.32 Å². The van der Waals surface area contributed by atoms with Crippen molar-refractivity contribution in [2.24, 2.45) is 5.92 Å². The summed E-state index contributed by atoms with van der Waals surface area (Å²) in [6.45, 7) is 5.69. The maximum absolute atomic E-state index is 13.2. The minimum Gasteiger partial charge on any atom is -0.339 e. The molecular weight excluding hydrogens is 394 g/mol. The van der Waals surface area contributed by atoms with Crippen LogP contribution >= 0.6 is 11.8 Å². The van der Waals surface area contributed by atoms with Gasteiger partial charge in [-0.1, -0.05) is 48.5 Å². The Hall–Kier alpha value is -2.60. The molecule has 3 aromatic rings. The summed E-state index contributed by atoms with van der Waals surface area (Å²) in [5.74, 6) is 2.70. The molecule has 2 heterocycles. The number of rotatable bonds is 6. The number of piperidine rings is 1. The number of likely N-dealkylation sites (tertiary alicyclic amines) is 1. The highest BCUT2D eigenvalue weighted by Gasteiger charge is 2.27. The van der Waals surface area contributed by atoms with Crippen LogP contribution in [0.4, 0.5) is 0 Å². The zero-order valence-corrected chi connectivity index (χ0v) is 18.3. The second kappa shape index (κ2) is 9.47. The number of nitrogens with zero attached hydrogens (tertiary/aromatic N) is 3. The molecule has 2 aromatic carbocycles. The van der Waals surface area contributed by atoms with Gasteiger partial charge in [0.05, 0.1) is 5.56 Å². The number of aromatic nitrogens is 2. The summed E-state index contributed by atoms with van der Waals surface area (Å²) in [6.07, 6.45) is 2.77. The van der Waals surface area contributed by atoms with E-state index in [-0.39, 0.29) is 5.91 Å². The van der Waals surface area contributed by atoms with Gasteiger partial charge in [-0.25, -0.2) is 0 Å². The predicted molar refractivity (Wildman–Crippen MR) is 120 cm³/mol. The number of amides is 1. The first-order valence-corrected chi connectivity index (χ1v) is 11.5. The highest BCUT2D eigenvalue weighted by atomic mass is 32.2. The maximum atomic E-state index is 13.2. The van der Waals surface area contributed by atoms with Gasteiger partial charge < -0.3 is 9.42 Å². The first kappa shape index (κ1) is 20.7. The first-order valence-electron chi connectivity index (χ1n) is 10.6. The maximum Gasteiger partial charge on any atom is 0.254 e. The van der Waals surface area contributed by atoms with Gasteiger partial charge in [-0.2, -0.15) is 4.98 Å². The molecule has 0 aliphatic carbocycles. The smallest absolute Gasteiger partial charge is 0.254 e. The fraction of sp³-hybridized carbons (Fsp3) is 0.375. The molecule has 1 aliphatic heterocycles. The molecule has 6 heteroatoms. The highest BCUT2D eigenvalue weighted by Crippen LogP contribution is 2.27. The van der Waals surface area contributed by atoms with Crippen LogP contribution in [0.2, 0.25) is 0 Å². The normalized spacial score (nSPS) is 16.6. The number of aryl methyl sites for hydroxylation is 1. The van der Waals surface area contributed by atoms with E-state index < -0.39 is 0 Å². The molecule has 0 N–H and O–H groups in total. The largest absolute Gasteiger partial charge is 0.339 e. The lowest BCUT2D eigenvalue weighted by Crippen LogP contribution is -2.40. The summed E-state index contributed by atoms with van der Waals surface area (Å²) in [4.78, 5) is 20.8. The van der Waals surface area contributed by atoms with Crippen molar-refractivity contribution in [1.82, 2.24) is 15.0 Å². The predicted octanol–water partition coefficient (Wildman–Crippen LogP) is 5.25. The van der Waals surface area contributed by atoms with Crippen molar-refractivity contribution >= 4 is 17.7 Å². The van der Waals surface area contributed by atoms with E-state index >= 15 is 0 Å². The molecule has 5 nitrogen and oxygen atoms in total. The van der Waals surface area contributed by atoms with Crippen molar-refractivity contribution in [2.45, 2.75) is 38.0 Å². The lowest BCUT2D eigenvalue weighted by Gasteiger charge is -2.32. The van der Waals surface area contributed by atoms with Gasteiger partial charge in [0.1, 0.15) is 0 Å². The number of carbonyl (C=O) groups excluding carboxylic acids is 1. The molecule has 1 aromatic heterocycles. The van der Waals surface area contributed by atoms with Crippen LogP contribution in [0.3, 0.4) is 0 Å². The minimum absolute atomic E-state index is 0.127. The second-order valence-electron chi connectivity index (χ2n) is 7.72. The molecule has 1 amide bonds. The van der Waals surface area contributed by atoms with Crippen molar-refractivity contribution in [2.75, 3.05) is 18.8 Å². The zero-order valence-electron chi connectivity index (χ0n) is 17.5. The third-order valence-electron chi connectivity index (χ3n) is 5.54. The molecule has 4 rings (SSSR count). The minimum atomic E-state index is 0.127. The Bertz CT molecular complexity index is 1020. The quantitative estimate of drug-likeness (QED) is 0.509. The van der Waals surface area contributed by atoms with Gasteiger partial charge in [-0.3, -0.25) is 4.79 Å². The molecule has 30 heavy (non-hydrogen) atoms. The van der Waals surface area contributed by atoms with Gasteiger partial charge in [0.25, 0.3) is 5.91 Å². The fourth-order valence-corrected chi connectivity index (χ4v) is 4.83. The SMILES string of the molecule is CCSc1ccccc1C(=O)N1CCC[C@@H](Cc2nc(-c3ccccc3C)no2)C1. The van der Waals surface area contributed by atoms with Crippen LogP contribution < -0.4 is 0 Å². The molecule has 0 saturated carbocycles. The van der Waals surface area contributed by atoms with Gasteiger partial charge in [-0.05, 0) is 49.1 Å². The molecule has 1 atom stereocenters. The third kappa shape index (κ3) is 4.59. The standard InChI is InChI=1S/C24H27N3O2S/c1-3-30-21-13-7-6-12-20(21)24(28)27-14-8-10-18(16-27)15-22-25-23(26-29-22)19-11-5-4-9-17(19)2/h4-7,9,11-13,18H,3,8,10,14-16H2,1-2H3/t18-/m0/s1. The Morgan fingerprint density at radius 1 is 1.20 bits per heavy atom. The van der Waals surface area contributed by atoms with Crippen LogP contribution in [0.25, 0.3) is 11.4 Å². The number of hydrogen-bond donors (Lipinski definition) is 0. The van der Waals surface area contributed by atoms with E-state index in [4.69, 9.17) is 4.52 Å². The summed E-state index contributed by atoms with van der Waals surface area (Å²) in [6, 6.07) is 16.0. The van der Waals surface area contributed by atoms with Gasteiger partial charge in [0.15, 0.2) is 0 Å². The van der Waals surface area contributed by atoms with Crippen molar-refractivity contribution in [3.63, 3.8) is 0 Å². The number of thioether (sulfide) groups is 1. The van der Waals surface area contributed by atoms with Crippen molar-refractivity contribution in [3.05, 3.63) is 65.5 Å². The van der Waals surface area contributed by atoms with E-state index in [0.717, 1.165) is 53.3 Å². The molecule has 1 saturated heterocycles. The van der Waals surface area contributed by atoms with Crippen LogP contribution in [0.1, 0.15) is 41.6 Å². The van der Waals surface area contributed by atoms with Crippen LogP contribution in [-0.4, -0.2) is 39.8 Å². The molecule has 156 valence electrons. The molecule has 0 bridgehead atoms. The van der Waals surface area contributed by atoms with Crippen LogP contribution in [0, 0.1) is 12.8 Å². The number of carbonyl (C=O) groups is 1. The molecule has 1 fully saturated rings. The van der Waals surface area contributed by atoms with E-state index in [0.29, 0.717) is 24.1 Å². The van der Waals surface area contributed by atoms with E-state index in [9.17, 15) is 4.79 Å². The fourth-order valence-electron chi connectivity index (χ4n) is 4.03. The molecular formula is C24H27N3O2S. The second-order valence-corrected chi connectivity index (χ2v) is 9.03. The Morgan fingerprint density at radius 3 is 2.83 bits per heavy atom. The first-order chi connectivity index (χ1) is 14.7. The number of hydrogen-bond acceptors (Lipinski definition) is 5. The summed E-state index contributed by atoms with van der Waals surface area (Å²) in [7, 11) is 0. The van der Waals surface area contributed by atoms with E-state index in [1.165, 1.54) is 0 Å².